The van der Waals surface area contributed by atoms with E-state index in [4.69, 9.17) is 0 Å². The molecule has 2 unspecified atom stereocenters. The highest BCUT2D eigenvalue weighted by Crippen LogP contribution is 2.24. The summed E-state index contributed by atoms with van der Waals surface area (Å²) in [5.74, 6) is 0.630. The molecule has 2 aromatic rings. The number of amides is 1. The second kappa shape index (κ2) is 8.37. The van der Waals surface area contributed by atoms with E-state index in [0.29, 0.717) is 11.7 Å². The Kier molecular flexibility index (Phi) is 6.43. The van der Waals surface area contributed by atoms with Crippen molar-refractivity contribution < 1.29 is 4.79 Å². The van der Waals surface area contributed by atoms with Gasteiger partial charge in [0.1, 0.15) is 11.4 Å². The maximum Gasteiger partial charge on any atom is 0.234 e. The molecule has 0 bridgehead atoms. The molecule has 2 atom stereocenters. The molecule has 7 heteroatoms. The minimum atomic E-state index is -0.889. The predicted octanol–water partition coefficient (Wildman–Crippen LogP) is 3.17. The Balaban J connectivity index is 2.11. The first-order valence-corrected chi connectivity index (χ1v) is 9.48. The smallest absolute Gasteiger partial charge is 0.234 e. The zero-order chi connectivity index (χ0) is 19.3. The van der Waals surface area contributed by atoms with Gasteiger partial charge in [0.05, 0.1) is 17.9 Å². The largest absolute Gasteiger partial charge is 0.337 e. The number of carbonyl (C=O) groups excluding carboxylic acids is 1. The molecule has 138 valence electrons. The summed E-state index contributed by atoms with van der Waals surface area (Å²) in [6.07, 6.45) is 0. The Morgan fingerprint density at radius 1 is 1.31 bits per heavy atom. The van der Waals surface area contributed by atoms with E-state index in [2.05, 4.69) is 21.6 Å². The number of thioether (sulfide) groups is 1. The molecule has 0 radical (unpaired) electrons. The third-order valence-corrected chi connectivity index (χ3v) is 5.59. The first kappa shape index (κ1) is 20.0. The van der Waals surface area contributed by atoms with Crippen LogP contribution in [-0.2, 0) is 11.3 Å². The van der Waals surface area contributed by atoms with E-state index >= 15 is 0 Å². The number of nitriles is 1. The van der Waals surface area contributed by atoms with E-state index in [0.717, 1.165) is 11.4 Å². The number of aryl methyl sites for hydroxylation is 1. The van der Waals surface area contributed by atoms with Gasteiger partial charge in [-0.2, -0.15) is 5.26 Å². The standard InChI is InChI=1S/C19H25N5OS/c1-13(2)19(5,12-20)21-17(25)14(3)26-18-23-22-15(4)24(18)11-16-9-7-6-8-10-16/h6-10,13-14H,11H2,1-5H3,(H,21,25). The van der Waals surface area contributed by atoms with Crippen molar-refractivity contribution in [2.75, 3.05) is 0 Å². The van der Waals surface area contributed by atoms with E-state index in [9.17, 15) is 10.1 Å². The Hall–Kier alpha value is -2.33. The van der Waals surface area contributed by atoms with Crippen molar-refractivity contribution >= 4 is 17.7 Å². The van der Waals surface area contributed by atoms with Crippen LogP contribution in [-0.4, -0.2) is 31.5 Å². The second-order valence-corrected chi connectivity index (χ2v) is 8.13. The van der Waals surface area contributed by atoms with Crippen LogP contribution < -0.4 is 5.32 Å². The van der Waals surface area contributed by atoms with Crippen molar-refractivity contribution in [3.05, 3.63) is 41.7 Å². The maximum atomic E-state index is 12.6. The number of aromatic nitrogens is 3. The summed E-state index contributed by atoms with van der Waals surface area (Å²) in [5.41, 5.74) is 0.255. The number of rotatable bonds is 7. The van der Waals surface area contributed by atoms with E-state index in [1.165, 1.54) is 11.8 Å². The zero-order valence-electron chi connectivity index (χ0n) is 15.9. The summed E-state index contributed by atoms with van der Waals surface area (Å²) in [7, 11) is 0. The lowest BCUT2D eigenvalue weighted by Gasteiger charge is -2.28. The Labute approximate surface area is 159 Å². The van der Waals surface area contributed by atoms with Crippen LogP contribution in [0.15, 0.2) is 35.5 Å². The van der Waals surface area contributed by atoms with E-state index in [1.807, 2.05) is 62.6 Å². The fraction of sp³-hybridized carbons (Fsp3) is 0.474. The van der Waals surface area contributed by atoms with Crippen molar-refractivity contribution in [3.63, 3.8) is 0 Å². The van der Waals surface area contributed by atoms with Gasteiger partial charge in [0.25, 0.3) is 0 Å². The van der Waals surface area contributed by atoms with Gasteiger partial charge in [-0.1, -0.05) is 55.9 Å². The monoisotopic (exact) mass is 371 g/mol. The molecule has 2 rings (SSSR count). The van der Waals surface area contributed by atoms with E-state index < -0.39 is 5.54 Å². The molecule has 1 amide bonds. The Bertz CT molecular complexity index is 796. The molecule has 1 heterocycles. The summed E-state index contributed by atoms with van der Waals surface area (Å²) >= 11 is 1.35. The Morgan fingerprint density at radius 2 is 1.96 bits per heavy atom. The Morgan fingerprint density at radius 3 is 2.54 bits per heavy atom. The maximum absolute atomic E-state index is 12.6. The van der Waals surface area contributed by atoms with Crippen molar-refractivity contribution in [1.82, 2.24) is 20.1 Å². The van der Waals surface area contributed by atoms with Crippen LogP contribution in [0.25, 0.3) is 0 Å². The number of benzene rings is 1. The van der Waals surface area contributed by atoms with Crippen LogP contribution in [0.3, 0.4) is 0 Å². The van der Waals surface area contributed by atoms with Crippen molar-refractivity contribution in [3.8, 4) is 6.07 Å². The number of nitrogens with one attached hydrogen (secondary N) is 1. The molecule has 26 heavy (non-hydrogen) atoms. The van der Waals surface area contributed by atoms with Crippen LogP contribution in [0.5, 0.6) is 0 Å². The number of hydrogen-bond acceptors (Lipinski definition) is 5. The summed E-state index contributed by atoms with van der Waals surface area (Å²) in [5, 5.41) is 20.9. The van der Waals surface area contributed by atoms with Crippen LogP contribution >= 0.6 is 11.8 Å². The minimum absolute atomic E-state index is 0.0117. The van der Waals surface area contributed by atoms with Crippen LogP contribution in [0.1, 0.15) is 39.1 Å². The summed E-state index contributed by atoms with van der Waals surface area (Å²) in [6, 6.07) is 12.3. The second-order valence-electron chi connectivity index (χ2n) is 6.82. The van der Waals surface area contributed by atoms with Crippen molar-refractivity contribution in [1.29, 1.82) is 5.26 Å². The molecule has 0 aliphatic rings. The molecule has 0 aliphatic carbocycles. The van der Waals surface area contributed by atoms with Gasteiger partial charge in [0.15, 0.2) is 5.16 Å². The quantitative estimate of drug-likeness (QED) is 0.756. The lowest BCUT2D eigenvalue weighted by Crippen LogP contribution is -2.51. The number of hydrogen-bond donors (Lipinski definition) is 1. The van der Waals surface area contributed by atoms with Crippen LogP contribution in [0, 0.1) is 24.2 Å². The molecule has 0 saturated heterocycles. The molecular weight excluding hydrogens is 346 g/mol. The van der Waals surface area contributed by atoms with Gasteiger partial charge < -0.3 is 9.88 Å². The van der Waals surface area contributed by atoms with Crippen LogP contribution in [0.2, 0.25) is 0 Å². The lowest BCUT2D eigenvalue weighted by molar-refractivity contribution is -0.121. The van der Waals surface area contributed by atoms with Gasteiger partial charge >= 0.3 is 0 Å². The van der Waals surface area contributed by atoms with Crippen molar-refractivity contribution in [2.45, 2.75) is 57.1 Å². The average molecular weight is 372 g/mol. The molecule has 1 aromatic carbocycles. The topological polar surface area (TPSA) is 83.6 Å². The molecule has 0 saturated carbocycles. The molecule has 1 aromatic heterocycles. The first-order chi connectivity index (χ1) is 12.3. The average Bonchev–Trinajstić information content (AvgIpc) is 2.95. The summed E-state index contributed by atoms with van der Waals surface area (Å²) in [4.78, 5) is 12.6. The highest BCUT2D eigenvalue weighted by atomic mass is 32.2. The molecule has 0 spiro atoms. The number of carbonyl (C=O) groups is 1. The van der Waals surface area contributed by atoms with Gasteiger partial charge in [-0.05, 0) is 32.3 Å². The van der Waals surface area contributed by atoms with Crippen molar-refractivity contribution in [2.24, 2.45) is 5.92 Å². The van der Waals surface area contributed by atoms with Gasteiger partial charge in [-0.15, -0.1) is 10.2 Å². The highest BCUT2D eigenvalue weighted by molar-refractivity contribution is 8.00. The summed E-state index contributed by atoms with van der Waals surface area (Å²) < 4.78 is 2.00. The zero-order valence-corrected chi connectivity index (χ0v) is 16.7. The molecule has 1 N–H and O–H groups in total. The third-order valence-electron chi connectivity index (χ3n) is 4.51. The fourth-order valence-electron chi connectivity index (χ4n) is 2.27. The predicted molar refractivity (Wildman–Crippen MR) is 103 cm³/mol. The molecule has 0 aliphatic heterocycles. The van der Waals surface area contributed by atoms with E-state index in [1.54, 1.807) is 6.92 Å². The number of nitrogens with zero attached hydrogens (tertiary/aromatic N) is 4. The lowest BCUT2D eigenvalue weighted by atomic mass is 9.90. The first-order valence-electron chi connectivity index (χ1n) is 8.60. The highest BCUT2D eigenvalue weighted by Gasteiger charge is 2.32. The van der Waals surface area contributed by atoms with Gasteiger partial charge in [-0.3, -0.25) is 4.79 Å². The van der Waals surface area contributed by atoms with Gasteiger partial charge in [0.2, 0.25) is 5.91 Å². The third kappa shape index (κ3) is 4.64. The van der Waals surface area contributed by atoms with E-state index in [-0.39, 0.29) is 17.1 Å². The fourth-order valence-corrected chi connectivity index (χ4v) is 3.16. The molecular formula is C19H25N5OS. The molecule has 0 fully saturated rings. The van der Waals surface area contributed by atoms with Gasteiger partial charge in [-0.25, -0.2) is 0 Å². The molecule has 6 nitrogen and oxygen atoms in total. The minimum Gasteiger partial charge on any atom is -0.337 e. The SMILES string of the molecule is Cc1nnc(SC(C)C(=O)NC(C)(C#N)C(C)C)n1Cc1ccccc1. The summed E-state index contributed by atoms with van der Waals surface area (Å²) in [6.45, 7) is 9.95. The normalized spacial score (nSPS) is 14.5. The van der Waals surface area contributed by atoms with Gasteiger partial charge in [0, 0.05) is 0 Å². The van der Waals surface area contributed by atoms with Crippen LogP contribution in [0.4, 0.5) is 0 Å².